The van der Waals surface area contributed by atoms with E-state index in [1.54, 1.807) is 0 Å². The lowest BCUT2D eigenvalue weighted by Crippen LogP contribution is -2.41. The van der Waals surface area contributed by atoms with Gasteiger partial charge in [-0.3, -0.25) is 4.79 Å². The van der Waals surface area contributed by atoms with Crippen LogP contribution in [0.4, 0.5) is 0 Å². The van der Waals surface area contributed by atoms with Crippen molar-refractivity contribution in [3.05, 3.63) is 34.3 Å². The highest BCUT2D eigenvalue weighted by Gasteiger charge is 2.14. The predicted molar refractivity (Wildman–Crippen MR) is 78.4 cm³/mol. The summed E-state index contributed by atoms with van der Waals surface area (Å²) in [5.41, 5.74) is 2.09. The van der Waals surface area contributed by atoms with Gasteiger partial charge >= 0.3 is 0 Å². The van der Waals surface area contributed by atoms with E-state index < -0.39 is 0 Å². The van der Waals surface area contributed by atoms with E-state index in [1.165, 1.54) is 0 Å². The molecule has 1 amide bonds. The number of benzene rings is 1. The Kier molecular flexibility index (Phi) is 6.32. The second-order valence-corrected chi connectivity index (χ2v) is 5.59. The van der Waals surface area contributed by atoms with Crippen LogP contribution in [-0.2, 0) is 11.2 Å². The van der Waals surface area contributed by atoms with E-state index in [0.717, 1.165) is 16.1 Å². The molecule has 1 aromatic rings. The van der Waals surface area contributed by atoms with Gasteiger partial charge < -0.3 is 10.4 Å². The maximum atomic E-state index is 11.8. The number of nitrogens with one attached hydrogen (secondary N) is 1. The molecule has 0 saturated carbocycles. The number of amides is 1. The molecule has 1 rings (SSSR count). The summed E-state index contributed by atoms with van der Waals surface area (Å²) in [4.78, 5) is 11.8. The largest absolute Gasteiger partial charge is 0.394 e. The quantitative estimate of drug-likeness (QED) is 0.843. The Morgan fingerprint density at radius 3 is 2.63 bits per heavy atom. The van der Waals surface area contributed by atoms with Gasteiger partial charge in [0.15, 0.2) is 0 Å². The lowest BCUT2D eigenvalue weighted by molar-refractivity contribution is -0.122. The molecular formula is C15H22ClNO2. The van der Waals surface area contributed by atoms with Crippen molar-refractivity contribution in [1.82, 2.24) is 5.32 Å². The van der Waals surface area contributed by atoms with Gasteiger partial charge in [-0.1, -0.05) is 37.6 Å². The molecule has 1 unspecified atom stereocenters. The van der Waals surface area contributed by atoms with Crippen LogP contribution in [0.1, 0.15) is 31.4 Å². The Morgan fingerprint density at radius 2 is 2.11 bits per heavy atom. The Morgan fingerprint density at radius 1 is 1.42 bits per heavy atom. The molecule has 3 nitrogen and oxygen atoms in total. The first-order valence-corrected chi connectivity index (χ1v) is 6.97. The normalized spacial score (nSPS) is 12.5. The Labute approximate surface area is 120 Å². The minimum atomic E-state index is -0.172. The highest BCUT2D eigenvalue weighted by molar-refractivity contribution is 6.31. The minimum Gasteiger partial charge on any atom is -0.394 e. The summed E-state index contributed by atoms with van der Waals surface area (Å²) >= 11 is 6.04. The number of hydrogen-bond donors (Lipinski definition) is 2. The molecule has 0 aliphatic heterocycles. The number of aliphatic hydroxyl groups is 1. The summed E-state index contributed by atoms with van der Waals surface area (Å²) in [6, 6.07) is 5.67. The summed E-state index contributed by atoms with van der Waals surface area (Å²) in [6.45, 7) is 5.87. The number of carbonyl (C=O) groups is 1. The zero-order chi connectivity index (χ0) is 14.4. The molecule has 19 heavy (non-hydrogen) atoms. The van der Waals surface area contributed by atoms with E-state index in [1.807, 2.05) is 39.0 Å². The van der Waals surface area contributed by atoms with Gasteiger partial charge in [0.05, 0.1) is 12.6 Å². The van der Waals surface area contributed by atoms with Crippen molar-refractivity contribution in [2.45, 2.75) is 39.7 Å². The molecule has 1 atom stereocenters. The molecule has 0 heterocycles. The molecule has 0 spiro atoms. The second kappa shape index (κ2) is 7.51. The monoisotopic (exact) mass is 283 g/mol. The third-order valence-electron chi connectivity index (χ3n) is 3.22. The molecular weight excluding hydrogens is 262 g/mol. The predicted octanol–water partition coefficient (Wildman–Crippen LogP) is 2.71. The van der Waals surface area contributed by atoms with E-state index in [4.69, 9.17) is 16.7 Å². The molecule has 0 aliphatic rings. The van der Waals surface area contributed by atoms with Crippen LogP contribution in [0.5, 0.6) is 0 Å². The molecule has 1 aromatic carbocycles. The molecule has 106 valence electrons. The van der Waals surface area contributed by atoms with Crippen LogP contribution in [0.3, 0.4) is 0 Å². The Balaban J connectivity index is 2.47. The van der Waals surface area contributed by atoms with Gasteiger partial charge in [-0.15, -0.1) is 0 Å². The van der Waals surface area contributed by atoms with Crippen molar-refractivity contribution in [1.29, 1.82) is 0 Å². The van der Waals surface area contributed by atoms with Crippen molar-refractivity contribution < 1.29 is 9.90 Å². The number of halogens is 1. The minimum absolute atomic E-state index is 0.0280. The number of hydrogen-bond acceptors (Lipinski definition) is 2. The highest BCUT2D eigenvalue weighted by Crippen LogP contribution is 2.17. The number of aryl methyl sites for hydroxylation is 2. The zero-order valence-electron chi connectivity index (χ0n) is 11.7. The van der Waals surface area contributed by atoms with E-state index >= 15 is 0 Å². The average molecular weight is 284 g/mol. The lowest BCUT2D eigenvalue weighted by atomic mass is 10.0. The van der Waals surface area contributed by atoms with Crippen molar-refractivity contribution in [3.8, 4) is 0 Å². The van der Waals surface area contributed by atoms with Crippen molar-refractivity contribution in [2.24, 2.45) is 5.92 Å². The smallest absolute Gasteiger partial charge is 0.220 e. The van der Waals surface area contributed by atoms with E-state index in [2.05, 4.69) is 5.32 Å². The van der Waals surface area contributed by atoms with Gasteiger partial charge in [0.25, 0.3) is 0 Å². The molecule has 0 aliphatic carbocycles. The number of rotatable bonds is 6. The number of aliphatic hydroxyl groups excluding tert-OH is 1. The summed E-state index contributed by atoms with van der Waals surface area (Å²) in [5.74, 6) is 0.187. The average Bonchev–Trinajstić information content (AvgIpc) is 2.37. The van der Waals surface area contributed by atoms with Crippen molar-refractivity contribution >= 4 is 17.5 Å². The summed E-state index contributed by atoms with van der Waals surface area (Å²) in [5, 5.41) is 12.7. The maximum absolute atomic E-state index is 11.8. The first kappa shape index (κ1) is 16.0. The van der Waals surface area contributed by atoms with Crippen LogP contribution in [-0.4, -0.2) is 23.7 Å². The molecule has 0 fully saturated rings. The molecule has 4 heteroatoms. The fourth-order valence-corrected chi connectivity index (χ4v) is 1.95. The van der Waals surface area contributed by atoms with Crippen molar-refractivity contribution in [3.63, 3.8) is 0 Å². The first-order valence-electron chi connectivity index (χ1n) is 6.59. The Hall–Kier alpha value is -1.06. The first-order chi connectivity index (χ1) is 8.93. The molecule has 0 aromatic heterocycles. The molecule has 0 radical (unpaired) electrons. The van der Waals surface area contributed by atoms with Crippen LogP contribution in [0.2, 0.25) is 5.02 Å². The highest BCUT2D eigenvalue weighted by atomic mass is 35.5. The lowest BCUT2D eigenvalue weighted by Gasteiger charge is -2.19. The van der Waals surface area contributed by atoms with Crippen LogP contribution in [0, 0.1) is 12.8 Å². The Bertz CT molecular complexity index is 432. The van der Waals surface area contributed by atoms with Crippen LogP contribution in [0.15, 0.2) is 18.2 Å². The van der Waals surface area contributed by atoms with Crippen LogP contribution >= 0.6 is 11.6 Å². The zero-order valence-corrected chi connectivity index (χ0v) is 12.5. The molecule has 2 N–H and O–H groups in total. The van der Waals surface area contributed by atoms with E-state index in [0.29, 0.717) is 12.8 Å². The van der Waals surface area contributed by atoms with Gasteiger partial charge in [0.1, 0.15) is 0 Å². The van der Waals surface area contributed by atoms with Gasteiger partial charge in [-0.2, -0.15) is 0 Å². The third-order valence-corrected chi connectivity index (χ3v) is 3.63. The topological polar surface area (TPSA) is 49.3 Å². The summed E-state index contributed by atoms with van der Waals surface area (Å²) < 4.78 is 0. The number of carbonyl (C=O) groups excluding carboxylic acids is 1. The fourth-order valence-electron chi connectivity index (χ4n) is 1.75. The summed E-state index contributed by atoms with van der Waals surface area (Å²) in [6.07, 6.45) is 1.06. The van der Waals surface area contributed by atoms with Crippen LogP contribution in [0.25, 0.3) is 0 Å². The van der Waals surface area contributed by atoms with Crippen LogP contribution < -0.4 is 5.32 Å². The second-order valence-electron chi connectivity index (χ2n) is 5.18. The SMILES string of the molecule is Cc1ccc(CCC(=O)NC(CO)C(C)C)cc1Cl. The van der Waals surface area contributed by atoms with E-state index in [9.17, 15) is 4.79 Å². The standard InChI is InChI=1S/C15H22ClNO2/c1-10(2)14(9-18)17-15(19)7-6-12-5-4-11(3)13(16)8-12/h4-5,8,10,14,18H,6-7,9H2,1-3H3,(H,17,19). The van der Waals surface area contributed by atoms with E-state index in [-0.39, 0.29) is 24.5 Å². The van der Waals surface area contributed by atoms with Crippen molar-refractivity contribution in [2.75, 3.05) is 6.61 Å². The van der Waals surface area contributed by atoms with Gasteiger partial charge in [-0.25, -0.2) is 0 Å². The third kappa shape index (κ3) is 5.21. The molecule has 0 bridgehead atoms. The maximum Gasteiger partial charge on any atom is 0.220 e. The van der Waals surface area contributed by atoms with Gasteiger partial charge in [-0.05, 0) is 36.5 Å². The summed E-state index contributed by atoms with van der Waals surface area (Å²) in [7, 11) is 0. The fraction of sp³-hybridized carbons (Fsp3) is 0.533. The van der Waals surface area contributed by atoms with Gasteiger partial charge in [0, 0.05) is 11.4 Å². The molecule has 0 saturated heterocycles. The van der Waals surface area contributed by atoms with Gasteiger partial charge in [0.2, 0.25) is 5.91 Å².